The third kappa shape index (κ3) is 21.6. The zero-order chi connectivity index (χ0) is 31.4. The number of nitrogens with zero attached hydrogens (tertiary/aromatic N) is 4. The number of benzene rings is 1. The summed E-state index contributed by atoms with van der Waals surface area (Å²) in [5.41, 5.74) is 1.83. The first kappa shape index (κ1) is 38.9. The lowest BCUT2D eigenvalue weighted by atomic mass is 10.1. The number of carbonyl (C=O) groups excluding carboxylic acids is 2. The number of ether oxygens (including phenoxy) is 3. The predicted molar refractivity (Wildman–Crippen MR) is 169 cm³/mol. The lowest BCUT2D eigenvalue weighted by Crippen LogP contribution is -2.24. The van der Waals surface area contributed by atoms with Gasteiger partial charge in [0.15, 0.2) is 5.82 Å². The number of rotatable bonds is 19. The molecule has 0 aliphatic rings. The Hall–Kier alpha value is -3.08. The summed E-state index contributed by atoms with van der Waals surface area (Å²) in [4.78, 5) is 22.7. The molecule has 1 heterocycles. The molecule has 10 heteroatoms. The van der Waals surface area contributed by atoms with E-state index in [1.807, 2.05) is 44.2 Å². The van der Waals surface area contributed by atoms with E-state index in [2.05, 4.69) is 46.1 Å². The Morgan fingerprint density at radius 2 is 1.50 bits per heavy atom. The summed E-state index contributed by atoms with van der Waals surface area (Å²) in [5.74, 6) is 1.42. The fraction of sp³-hybridized carbons (Fsp3) is 0.625. The average Bonchev–Trinajstić information content (AvgIpc) is 3.00. The van der Waals surface area contributed by atoms with Gasteiger partial charge in [-0.1, -0.05) is 70.9 Å². The molecule has 238 valence electrons. The fourth-order valence-corrected chi connectivity index (χ4v) is 3.03. The molecule has 1 aromatic heterocycles. The quantitative estimate of drug-likeness (QED) is 0.157. The number of unbranched alkanes of at least 4 members (excludes halogenated alkanes) is 2. The average molecular weight is 590 g/mol. The Morgan fingerprint density at radius 1 is 0.905 bits per heavy atom. The highest BCUT2D eigenvalue weighted by atomic mass is 16.5. The number of hydrogen-bond donors (Lipinski definition) is 1. The second-order valence-electron chi connectivity index (χ2n) is 9.84. The van der Waals surface area contributed by atoms with Crippen LogP contribution in [0.2, 0.25) is 0 Å². The smallest absolute Gasteiger partial charge is 0.222 e. The Balaban J connectivity index is 0. The lowest BCUT2D eigenvalue weighted by Gasteiger charge is -2.07. The van der Waals surface area contributed by atoms with Crippen molar-refractivity contribution in [2.45, 2.75) is 86.1 Å². The standard InChI is InChI=1S/C21H31N5O3.C7H14O2.C4H8.H2/c1-3-4-5-12-28-13-6-14-29-15-11-20(27)22-16-18-7-9-19(10-8-18)21-25-23-17(2)24-26-21;1-6(2)7(8)4-5-9-3;1-3-4-2;/h7-10H,3-6,11-16H2,1-2H3,(H,22,27);6H,4-5H2,1-3H3;3H,1,4H2,2H3;1H. The highest BCUT2D eigenvalue weighted by molar-refractivity contribution is 5.80. The number of amides is 1. The maximum Gasteiger partial charge on any atom is 0.222 e. The van der Waals surface area contributed by atoms with Crippen molar-refractivity contribution in [1.29, 1.82) is 0 Å². The maximum atomic E-state index is 11.9. The van der Waals surface area contributed by atoms with Crippen LogP contribution in [-0.4, -0.2) is 72.2 Å². The SMILES string of the molecule is C=CCC.CCCCCOCCCOCCC(=O)NCc1ccc(-c2nnc(C)nn2)cc1.COCCC(=O)C(C)C.[HH]. The molecule has 0 aliphatic carbocycles. The van der Waals surface area contributed by atoms with Crippen molar-refractivity contribution in [3.05, 3.63) is 48.3 Å². The van der Waals surface area contributed by atoms with Crippen LogP contribution in [-0.2, 0) is 30.3 Å². The summed E-state index contributed by atoms with van der Waals surface area (Å²) in [5, 5.41) is 18.7. The Labute approximate surface area is 254 Å². The van der Waals surface area contributed by atoms with E-state index < -0.39 is 0 Å². The molecule has 0 saturated heterocycles. The van der Waals surface area contributed by atoms with E-state index in [1.54, 1.807) is 14.0 Å². The van der Waals surface area contributed by atoms with Gasteiger partial charge in [0.25, 0.3) is 0 Å². The van der Waals surface area contributed by atoms with Crippen molar-refractivity contribution in [2.75, 3.05) is 40.1 Å². The number of ketones is 1. The third-order valence-corrected chi connectivity index (χ3v) is 5.71. The van der Waals surface area contributed by atoms with Gasteiger partial charge >= 0.3 is 0 Å². The summed E-state index contributed by atoms with van der Waals surface area (Å²) < 4.78 is 15.8. The molecule has 0 saturated carbocycles. The van der Waals surface area contributed by atoms with Crippen LogP contribution < -0.4 is 5.32 Å². The van der Waals surface area contributed by atoms with Crippen molar-refractivity contribution < 1.29 is 25.2 Å². The molecule has 1 aromatic carbocycles. The topological polar surface area (TPSA) is 125 Å². The van der Waals surface area contributed by atoms with Gasteiger partial charge in [-0.15, -0.1) is 27.0 Å². The molecule has 0 radical (unpaired) electrons. The molecule has 0 fully saturated rings. The van der Waals surface area contributed by atoms with Crippen molar-refractivity contribution in [1.82, 2.24) is 25.7 Å². The van der Waals surface area contributed by atoms with Crippen LogP contribution in [0.1, 0.15) is 85.5 Å². The number of aromatic nitrogens is 4. The number of methoxy groups -OCH3 is 1. The van der Waals surface area contributed by atoms with E-state index in [0.717, 1.165) is 37.0 Å². The Bertz CT molecular complexity index is 960. The first-order valence-corrected chi connectivity index (χ1v) is 15.0. The van der Waals surface area contributed by atoms with Gasteiger partial charge in [0.2, 0.25) is 11.7 Å². The van der Waals surface area contributed by atoms with Gasteiger partial charge in [-0.3, -0.25) is 9.59 Å². The van der Waals surface area contributed by atoms with Crippen LogP contribution in [0.3, 0.4) is 0 Å². The van der Waals surface area contributed by atoms with Crippen molar-refractivity contribution in [3.8, 4) is 11.4 Å². The molecule has 0 unspecified atom stereocenters. The molecule has 0 spiro atoms. The second-order valence-corrected chi connectivity index (χ2v) is 9.84. The molecule has 0 aliphatic heterocycles. The van der Waals surface area contributed by atoms with E-state index >= 15 is 0 Å². The van der Waals surface area contributed by atoms with Gasteiger partial charge < -0.3 is 19.5 Å². The van der Waals surface area contributed by atoms with E-state index in [9.17, 15) is 9.59 Å². The van der Waals surface area contributed by atoms with Gasteiger partial charge in [-0.25, -0.2) is 0 Å². The number of carbonyl (C=O) groups is 2. The molecular weight excluding hydrogens is 534 g/mol. The van der Waals surface area contributed by atoms with Crippen molar-refractivity contribution in [3.63, 3.8) is 0 Å². The monoisotopic (exact) mass is 589 g/mol. The van der Waals surface area contributed by atoms with Crippen molar-refractivity contribution in [2.24, 2.45) is 5.92 Å². The van der Waals surface area contributed by atoms with E-state index in [0.29, 0.717) is 57.5 Å². The highest BCUT2D eigenvalue weighted by Gasteiger charge is 2.06. The maximum absolute atomic E-state index is 11.9. The molecule has 2 rings (SSSR count). The summed E-state index contributed by atoms with van der Waals surface area (Å²) in [6.45, 7) is 16.9. The number of hydrogen-bond acceptors (Lipinski definition) is 9. The minimum absolute atomic E-state index is 0. The van der Waals surface area contributed by atoms with Crippen LogP contribution in [0.25, 0.3) is 11.4 Å². The molecular formula is C32H55N5O5. The van der Waals surface area contributed by atoms with Crippen LogP contribution in [0.15, 0.2) is 36.9 Å². The number of allylic oxidation sites excluding steroid dienone is 1. The van der Waals surface area contributed by atoms with E-state index in [1.165, 1.54) is 12.8 Å². The largest absolute Gasteiger partial charge is 0.384 e. The molecule has 10 nitrogen and oxygen atoms in total. The summed E-state index contributed by atoms with van der Waals surface area (Å²) >= 11 is 0. The number of nitrogens with one attached hydrogen (secondary N) is 1. The number of Topliss-reactive ketones (excluding diaryl/α,β-unsaturated/α-hetero) is 1. The van der Waals surface area contributed by atoms with E-state index in [-0.39, 0.29) is 19.0 Å². The van der Waals surface area contributed by atoms with Gasteiger partial charge in [0, 0.05) is 59.2 Å². The zero-order valence-corrected chi connectivity index (χ0v) is 26.7. The first-order chi connectivity index (χ1) is 20.3. The first-order valence-electron chi connectivity index (χ1n) is 15.0. The van der Waals surface area contributed by atoms with Gasteiger partial charge in [0.1, 0.15) is 5.78 Å². The molecule has 0 atom stereocenters. The number of aryl methyl sites for hydroxylation is 1. The molecule has 0 bridgehead atoms. The second kappa shape index (κ2) is 26.8. The lowest BCUT2D eigenvalue weighted by molar-refractivity contribution is -0.123. The normalized spacial score (nSPS) is 10.3. The zero-order valence-electron chi connectivity index (χ0n) is 26.7. The van der Waals surface area contributed by atoms with Crippen molar-refractivity contribution >= 4 is 11.7 Å². The van der Waals surface area contributed by atoms with E-state index in [4.69, 9.17) is 14.2 Å². The minimum Gasteiger partial charge on any atom is -0.384 e. The van der Waals surface area contributed by atoms with Crippen LogP contribution in [0, 0.1) is 12.8 Å². The Kier molecular flexibility index (Phi) is 24.8. The minimum atomic E-state index is -0.0276. The summed E-state index contributed by atoms with van der Waals surface area (Å²) in [6.07, 6.45) is 8.26. The molecule has 2 aromatic rings. The fourth-order valence-electron chi connectivity index (χ4n) is 3.03. The van der Waals surface area contributed by atoms with Crippen LogP contribution >= 0.6 is 0 Å². The van der Waals surface area contributed by atoms with Gasteiger partial charge in [-0.2, -0.15) is 0 Å². The predicted octanol–water partition coefficient (Wildman–Crippen LogP) is 5.94. The van der Waals surface area contributed by atoms with Crippen LogP contribution in [0.4, 0.5) is 0 Å². The molecule has 1 amide bonds. The third-order valence-electron chi connectivity index (χ3n) is 5.71. The summed E-state index contributed by atoms with van der Waals surface area (Å²) in [7, 11) is 1.60. The van der Waals surface area contributed by atoms with Gasteiger partial charge in [0.05, 0.1) is 13.2 Å². The Morgan fingerprint density at radius 3 is 2.05 bits per heavy atom. The van der Waals surface area contributed by atoms with Gasteiger partial charge in [-0.05, 0) is 31.7 Å². The molecule has 42 heavy (non-hydrogen) atoms. The summed E-state index contributed by atoms with van der Waals surface area (Å²) in [6, 6.07) is 7.64. The van der Waals surface area contributed by atoms with Crippen LogP contribution in [0.5, 0.6) is 0 Å². The molecule has 1 N–H and O–H groups in total. The highest BCUT2D eigenvalue weighted by Crippen LogP contribution is 2.14.